The molecule has 0 aliphatic carbocycles. The van der Waals surface area contributed by atoms with Crippen LogP contribution >= 0.6 is 11.6 Å². The van der Waals surface area contributed by atoms with E-state index in [-0.39, 0.29) is 5.15 Å². The Hall–Kier alpha value is -1.50. The zero-order valence-electron chi connectivity index (χ0n) is 7.19. The number of ether oxygens (including phenoxy) is 1. The van der Waals surface area contributed by atoms with Crippen LogP contribution in [0, 0.1) is 10.1 Å². The highest BCUT2D eigenvalue weighted by Crippen LogP contribution is 2.26. The van der Waals surface area contributed by atoms with E-state index in [2.05, 4.69) is 9.72 Å². The molecule has 15 heavy (non-hydrogen) atoms. The van der Waals surface area contributed by atoms with Crippen molar-refractivity contribution in [2.45, 2.75) is 6.43 Å². The number of pyridine rings is 1. The molecule has 0 spiro atoms. The number of hydrogen-bond acceptors (Lipinski definition) is 4. The molecule has 0 bridgehead atoms. The molecule has 0 amide bonds. The van der Waals surface area contributed by atoms with Crippen LogP contribution in [0.15, 0.2) is 12.1 Å². The molecule has 0 atom stereocenters. The zero-order chi connectivity index (χ0) is 11.4. The topological polar surface area (TPSA) is 65.3 Å². The molecule has 0 saturated carbocycles. The van der Waals surface area contributed by atoms with E-state index in [1.54, 1.807) is 0 Å². The quantitative estimate of drug-likeness (QED) is 0.459. The van der Waals surface area contributed by atoms with Gasteiger partial charge in [-0.15, -0.1) is 0 Å². The van der Waals surface area contributed by atoms with Crippen LogP contribution in [-0.2, 0) is 0 Å². The van der Waals surface area contributed by atoms with Gasteiger partial charge in [-0.2, -0.15) is 4.98 Å². The summed E-state index contributed by atoms with van der Waals surface area (Å²) < 4.78 is 28.0. The number of rotatable bonds is 4. The molecule has 1 aromatic rings. The molecule has 0 N–H and O–H groups in total. The predicted molar refractivity (Wildman–Crippen MR) is 47.4 cm³/mol. The number of hydrogen-bond donors (Lipinski definition) is 0. The van der Waals surface area contributed by atoms with Crippen LogP contribution in [0.4, 0.5) is 14.5 Å². The Kier molecular flexibility index (Phi) is 3.73. The summed E-state index contributed by atoms with van der Waals surface area (Å²) in [5.74, 6) is -0.507. The maximum Gasteiger partial charge on any atom is 0.331 e. The van der Waals surface area contributed by atoms with Crippen molar-refractivity contribution in [3.63, 3.8) is 0 Å². The average molecular weight is 239 g/mol. The van der Waals surface area contributed by atoms with Gasteiger partial charge in [0.2, 0.25) is 0 Å². The lowest BCUT2D eigenvalue weighted by Gasteiger charge is -2.04. The highest BCUT2D eigenvalue weighted by atomic mass is 35.5. The largest absolute Gasteiger partial charge is 0.467 e. The molecule has 0 unspecified atom stereocenters. The second-order valence-electron chi connectivity index (χ2n) is 2.42. The van der Waals surface area contributed by atoms with E-state index in [0.717, 1.165) is 6.07 Å². The fourth-order valence-corrected chi connectivity index (χ4v) is 0.937. The molecular formula is C7H5ClF2N2O3. The van der Waals surface area contributed by atoms with Crippen molar-refractivity contribution >= 4 is 17.3 Å². The van der Waals surface area contributed by atoms with Gasteiger partial charge < -0.3 is 4.74 Å². The fourth-order valence-electron chi connectivity index (χ4n) is 0.798. The molecule has 82 valence electrons. The third-order valence-electron chi connectivity index (χ3n) is 1.35. The predicted octanol–water partition coefficient (Wildman–Crippen LogP) is 2.29. The first-order valence-electron chi connectivity index (χ1n) is 3.72. The molecule has 1 rings (SSSR count). The van der Waals surface area contributed by atoms with Gasteiger partial charge in [-0.05, 0) is 6.07 Å². The lowest BCUT2D eigenvalue weighted by molar-refractivity contribution is -0.386. The van der Waals surface area contributed by atoms with Crippen molar-refractivity contribution in [2.75, 3.05) is 6.61 Å². The molecule has 1 aromatic heterocycles. The molecule has 0 aliphatic rings. The highest BCUT2D eigenvalue weighted by Gasteiger charge is 2.18. The Morgan fingerprint density at radius 1 is 1.60 bits per heavy atom. The van der Waals surface area contributed by atoms with E-state index in [0.29, 0.717) is 0 Å². The van der Waals surface area contributed by atoms with Crippen LogP contribution in [0.5, 0.6) is 5.88 Å². The van der Waals surface area contributed by atoms with Crippen molar-refractivity contribution in [3.05, 3.63) is 27.4 Å². The van der Waals surface area contributed by atoms with Gasteiger partial charge >= 0.3 is 5.69 Å². The summed E-state index contributed by atoms with van der Waals surface area (Å²) in [6.45, 7) is -0.964. The third kappa shape index (κ3) is 3.28. The van der Waals surface area contributed by atoms with E-state index in [1.807, 2.05) is 0 Å². The minimum Gasteiger partial charge on any atom is -0.467 e. The van der Waals surface area contributed by atoms with Gasteiger partial charge in [0.15, 0.2) is 6.61 Å². The summed E-state index contributed by atoms with van der Waals surface area (Å²) in [5, 5.41) is 10.4. The monoisotopic (exact) mass is 238 g/mol. The maximum absolute atomic E-state index is 11.8. The minimum atomic E-state index is -2.73. The Labute approximate surface area is 87.8 Å². The second-order valence-corrected chi connectivity index (χ2v) is 2.80. The SMILES string of the molecule is O=[N+]([O-])c1ccc(Cl)nc1OCC(F)F. The summed E-state index contributed by atoms with van der Waals surface area (Å²) in [6, 6.07) is 2.21. The molecule has 0 aromatic carbocycles. The van der Waals surface area contributed by atoms with Crippen molar-refractivity contribution in [1.29, 1.82) is 0 Å². The van der Waals surface area contributed by atoms with Crippen LogP contribution < -0.4 is 4.74 Å². The summed E-state index contributed by atoms with van der Waals surface area (Å²) in [4.78, 5) is 13.1. The smallest absolute Gasteiger partial charge is 0.331 e. The Balaban J connectivity index is 2.92. The Morgan fingerprint density at radius 2 is 2.27 bits per heavy atom. The molecule has 8 heteroatoms. The molecule has 0 saturated heterocycles. The highest BCUT2D eigenvalue weighted by molar-refractivity contribution is 6.29. The lowest BCUT2D eigenvalue weighted by atomic mass is 10.4. The lowest BCUT2D eigenvalue weighted by Crippen LogP contribution is -2.09. The summed E-state index contributed by atoms with van der Waals surface area (Å²) in [6.07, 6.45) is -2.73. The number of nitrogens with zero attached hydrogens (tertiary/aromatic N) is 2. The van der Waals surface area contributed by atoms with Crippen LogP contribution in [0.25, 0.3) is 0 Å². The van der Waals surface area contributed by atoms with E-state index in [9.17, 15) is 18.9 Å². The Bertz CT molecular complexity index is 375. The molecule has 5 nitrogen and oxygen atoms in total. The second kappa shape index (κ2) is 4.83. The van der Waals surface area contributed by atoms with Gasteiger partial charge in [0.1, 0.15) is 5.15 Å². The van der Waals surface area contributed by atoms with Crippen LogP contribution in [0.1, 0.15) is 0 Å². The van der Waals surface area contributed by atoms with E-state index in [4.69, 9.17) is 11.6 Å². The Morgan fingerprint density at radius 3 is 2.80 bits per heavy atom. The van der Waals surface area contributed by atoms with Crippen LogP contribution in [-0.4, -0.2) is 22.9 Å². The van der Waals surface area contributed by atoms with Gasteiger partial charge in [-0.25, -0.2) is 8.78 Å². The summed E-state index contributed by atoms with van der Waals surface area (Å²) in [5.41, 5.74) is -0.500. The first kappa shape index (κ1) is 11.6. The van der Waals surface area contributed by atoms with Gasteiger partial charge in [0.05, 0.1) is 4.92 Å². The molecule has 0 radical (unpaired) electrons. The van der Waals surface area contributed by atoms with E-state index >= 15 is 0 Å². The minimum absolute atomic E-state index is 0.0649. The number of alkyl halides is 2. The van der Waals surface area contributed by atoms with Crippen molar-refractivity contribution in [3.8, 4) is 5.88 Å². The number of halogens is 3. The standard InChI is InChI=1S/C7H5ClF2N2O3/c8-5-2-1-4(12(13)14)7(11-5)15-3-6(9)10/h1-2,6H,3H2. The van der Waals surface area contributed by atoms with Crippen LogP contribution in [0.2, 0.25) is 5.15 Å². The van der Waals surface area contributed by atoms with Crippen LogP contribution in [0.3, 0.4) is 0 Å². The van der Waals surface area contributed by atoms with E-state index in [1.165, 1.54) is 6.07 Å². The normalized spacial score (nSPS) is 10.4. The molecular weight excluding hydrogens is 234 g/mol. The molecule has 0 aliphatic heterocycles. The first-order valence-corrected chi connectivity index (χ1v) is 4.10. The zero-order valence-corrected chi connectivity index (χ0v) is 7.95. The van der Waals surface area contributed by atoms with Crippen molar-refractivity contribution < 1.29 is 18.4 Å². The van der Waals surface area contributed by atoms with Crippen molar-refractivity contribution in [2.24, 2.45) is 0 Å². The number of nitro groups is 1. The van der Waals surface area contributed by atoms with Gasteiger partial charge in [-0.3, -0.25) is 10.1 Å². The van der Waals surface area contributed by atoms with E-state index < -0.39 is 29.5 Å². The number of aromatic nitrogens is 1. The molecule has 1 heterocycles. The maximum atomic E-state index is 11.8. The summed E-state index contributed by atoms with van der Waals surface area (Å²) in [7, 11) is 0. The summed E-state index contributed by atoms with van der Waals surface area (Å²) >= 11 is 5.44. The molecule has 0 fully saturated rings. The van der Waals surface area contributed by atoms with Gasteiger partial charge in [0, 0.05) is 6.07 Å². The van der Waals surface area contributed by atoms with Gasteiger partial charge in [-0.1, -0.05) is 11.6 Å². The average Bonchev–Trinajstić information content (AvgIpc) is 2.14. The third-order valence-corrected chi connectivity index (χ3v) is 1.56. The van der Waals surface area contributed by atoms with Crippen molar-refractivity contribution in [1.82, 2.24) is 4.98 Å². The fraction of sp³-hybridized carbons (Fsp3) is 0.286. The first-order chi connectivity index (χ1) is 7.00. The van der Waals surface area contributed by atoms with Gasteiger partial charge in [0.25, 0.3) is 12.3 Å².